The highest BCUT2D eigenvalue weighted by atomic mass is 16.5. The number of nitrogens with one attached hydrogen (secondary N) is 1. The van der Waals surface area contributed by atoms with E-state index in [-0.39, 0.29) is 10.8 Å². The molecule has 5 aliphatic rings. The van der Waals surface area contributed by atoms with Crippen LogP contribution >= 0.6 is 0 Å². The predicted molar refractivity (Wildman–Crippen MR) is 84.4 cm³/mol. The molecule has 2 fully saturated rings. The second kappa shape index (κ2) is 4.32. The van der Waals surface area contributed by atoms with Gasteiger partial charge in [0.05, 0.1) is 24.7 Å². The van der Waals surface area contributed by atoms with Crippen molar-refractivity contribution in [3.05, 3.63) is 22.7 Å². The molecule has 0 amide bonds. The van der Waals surface area contributed by atoms with Crippen LogP contribution in [0.5, 0.6) is 0 Å². The molecule has 122 valence electrons. The lowest BCUT2D eigenvalue weighted by molar-refractivity contribution is -0.119. The minimum Gasteiger partial charge on any atom is -0.377 e. The summed E-state index contributed by atoms with van der Waals surface area (Å²) in [5.74, 6) is 1.87. The first-order valence-electron chi connectivity index (χ1n) is 8.75. The van der Waals surface area contributed by atoms with Gasteiger partial charge in [-0.15, -0.1) is 5.11 Å². The van der Waals surface area contributed by atoms with E-state index in [1.165, 1.54) is 18.4 Å². The van der Waals surface area contributed by atoms with E-state index < -0.39 is 0 Å². The molecule has 0 aromatic rings. The van der Waals surface area contributed by atoms with E-state index in [0.717, 1.165) is 29.9 Å². The second-order valence-corrected chi connectivity index (χ2v) is 8.62. The average molecular weight is 313 g/mol. The summed E-state index contributed by atoms with van der Waals surface area (Å²) in [5.41, 5.74) is 3.00. The zero-order chi connectivity index (χ0) is 15.8. The molecule has 23 heavy (non-hydrogen) atoms. The van der Waals surface area contributed by atoms with Crippen molar-refractivity contribution in [1.29, 1.82) is 0 Å². The number of ether oxygens (including phenoxy) is 1. The van der Waals surface area contributed by atoms with E-state index in [2.05, 4.69) is 29.4 Å². The number of rotatable bonds is 1. The fraction of sp³-hybridized carbons (Fsp3) is 0.722. The minimum absolute atomic E-state index is 0.00721. The summed E-state index contributed by atoms with van der Waals surface area (Å²) >= 11 is 0. The summed E-state index contributed by atoms with van der Waals surface area (Å²) in [6, 6.07) is 0. The van der Waals surface area contributed by atoms with Crippen LogP contribution < -0.4 is 5.32 Å². The topological polar surface area (TPSA) is 63.0 Å². The lowest BCUT2D eigenvalue weighted by Crippen LogP contribution is -2.44. The molecule has 1 N–H and O–H groups in total. The Hall–Kier alpha value is -1.49. The van der Waals surface area contributed by atoms with Crippen LogP contribution in [0.1, 0.15) is 46.0 Å². The molecule has 1 spiro atoms. The van der Waals surface area contributed by atoms with Crippen LogP contribution in [-0.2, 0) is 9.53 Å². The van der Waals surface area contributed by atoms with Crippen molar-refractivity contribution in [1.82, 2.24) is 5.32 Å². The minimum atomic E-state index is -0.264. The summed E-state index contributed by atoms with van der Waals surface area (Å²) in [7, 11) is 0. The first-order chi connectivity index (χ1) is 11.0. The number of hydrogen-bond donors (Lipinski definition) is 1. The number of allylic oxidation sites excluding steroid dienone is 1. The summed E-state index contributed by atoms with van der Waals surface area (Å²) in [6.45, 7) is 5.57. The van der Waals surface area contributed by atoms with Crippen LogP contribution in [0.3, 0.4) is 0 Å². The van der Waals surface area contributed by atoms with Crippen LogP contribution in [-0.4, -0.2) is 25.0 Å². The highest BCUT2D eigenvalue weighted by Crippen LogP contribution is 2.57. The number of carbonyl (C=O) groups is 1. The standard InChI is InChI=1S/C18H23N3O2/c1-17(2)5-12-15(13(22)6-17)18(11-8-19-21-16(11)20-12)7-14(23-9-18)10-3-4-10/h10,14,20H,3-9H2,1-2H3/t14-,18-/m0/s1. The molecule has 3 heterocycles. The Morgan fingerprint density at radius 1 is 1.26 bits per heavy atom. The number of ketones is 1. The fourth-order valence-corrected chi connectivity index (χ4v) is 4.93. The van der Waals surface area contributed by atoms with Gasteiger partial charge in [0.15, 0.2) is 11.6 Å². The lowest BCUT2D eigenvalue weighted by Gasteiger charge is -2.43. The van der Waals surface area contributed by atoms with Crippen LogP contribution in [0.2, 0.25) is 0 Å². The number of azo groups is 1. The molecule has 0 aromatic carbocycles. The Balaban J connectivity index is 1.62. The third-order valence-corrected chi connectivity index (χ3v) is 6.13. The number of nitrogens with zero attached hydrogens (tertiary/aromatic N) is 2. The van der Waals surface area contributed by atoms with Crippen molar-refractivity contribution in [2.75, 3.05) is 13.2 Å². The molecule has 0 radical (unpaired) electrons. The maximum absolute atomic E-state index is 13.0. The van der Waals surface area contributed by atoms with E-state index in [1.54, 1.807) is 0 Å². The number of fused-ring (bicyclic) bond motifs is 2. The Kier molecular flexibility index (Phi) is 2.61. The Morgan fingerprint density at radius 3 is 2.87 bits per heavy atom. The summed E-state index contributed by atoms with van der Waals surface area (Å²) in [6.07, 6.45) is 5.31. The summed E-state index contributed by atoms with van der Waals surface area (Å²) < 4.78 is 6.20. The second-order valence-electron chi connectivity index (χ2n) is 8.62. The smallest absolute Gasteiger partial charge is 0.162 e. The normalized spacial score (nSPS) is 38.2. The molecule has 5 heteroatoms. The molecule has 5 rings (SSSR count). The quantitative estimate of drug-likeness (QED) is 0.809. The fourth-order valence-electron chi connectivity index (χ4n) is 4.93. The van der Waals surface area contributed by atoms with Crippen molar-refractivity contribution >= 4 is 5.78 Å². The van der Waals surface area contributed by atoms with Crippen LogP contribution in [0.15, 0.2) is 32.9 Å². The monoisotopic (exact) mass is 313 g/mol. The molecule has 5 nitrogen and oxygen atoms in total. The molecule has 0 bridgehead atoms. The van der Waals surface area contributed by atoms with Gasteiger partial charge in [-0.2, -0.15) is 5.11 Å². The first-order valence-corrected chi connectivity index (χ1v) is 8.75. The number of carbonyl (C=O) groups excluding carboxylic acids is 1. The Labute approximate surface area is 136 Å². The number of Topliss-reactive ketones (excluding diaryl/α,β-unsaturated/α-hetero) is 1. The predicted octanol–water partition coefficient (Wildman–Crippen LogP) is 3.10. The molecule has 1 saturated heterocycles. The van der Waals surface area contributed by atoms with Gasteiger partial charge in [-0.05, 0) is 37.0 Å². The van der Waals surface area contributed by atoms with E-state index in [1.807, 2.05) is 0 Å². The van der Waals surface area contributed by atoms with Gasteiger partial charge in [-0.25, -0.2) is 0 Å². The summed E-state index contributed by atoms with van der Waals surface area (Å²) in [4.78, 5) is 13.0. The molecular formula is C18H23N3O2. The van der Waals surface area contributed by atoms with Gasteiger partial charge in [0, 0.05) is 23.3 Å². The Bertz CT molecular complexity index is 699. The molecule has 2 atom stereocenters. The zero-order valence-electron chi connectivity index (χ0n) is 13.8. The maximum atomic E-state index is 13.0. The molecule has 2 aliphatic carbocycles. The van der Waals surface area contributed by atoms with Crippen molar-refractivity contribution in [3.8, 4) is 0 Å². The van der Waals surface area contributed by atoms with Gasteiger partial charge in [-0.1, -0.05) is 13.8 Å². The Morgan fingerprint density at radius 2 is 2.09 bits per heavy atom. The van der Waals surface area contributed by atoms with Crippen LogP contribution in [0.25, 0.3) is 0 Å². The molecule has 3 aliphatic heterocycles. The van der Waals surface area contributed by atoms with Gasteiger partial charge in [0.1, 0.15) is 0 Å². The molecular weight excluding hydrogens is 290 g/mol. The third-order valence-electron chi connectivity index (χ3n) is 6.13. The van der Waals surface area contributed by atoms with Crippen molar-refractivity contribution < 1.29 is 9.53 Å². The average Bonchev–Trinajstić information content (AvgIpc) is 3.04. The lowest BCUT2D eigenvalue weighted by atomic mass is 9.62. The van der Waals surface area contributed by atoms with Gasteiger partial charge in [0.2, 0.25) is 0 Å². The van der Waals surface area contributed by atoms with E-state index in [0.29, 0.717) is 37.4 Å². The van der Waals surface area contributed by atoms with Crippen LogP contribution in [0, 0.1) is 16.7 Å². The van der Waals surface area contributed by atoms with Crippen molar-refractivity contribution in [2.45, 2.75) is 52.1 Å². The van der Waals surface area contributed by atoms with Gasteiger partial charge >= 0.3 is 0 Å². The van der Waals surface area contributed by atoms with Crippen molar-refractivity contribution in [2.24, 2.45) is 27.0 Å². The van der Waals surface area contributed by atoms with E-state index in [4.69, 9.17) is 4.74 Å². The number of hydrogen-bond acceptors (Lipinski definition) is 5. The molecule has 0 unspecified atom stereocenters. The van der Waals surface area contributed by atoms with Gasteiger partial charge in [0.25, 0.3) is 0 Å². The molecule has 0 aromatic heterocycles. The zero-order valence-corrected chi connectivity index (χ0v) is 13.8. The van der Waals surface area contributed by atoms with Crippen molar-refractivity contribution in [3.63, 3.8) is 0 Å². The third kappa shape index (κ3) is 1.92. The van der Waals surface area contributed by atoms with Gasteiger partial charge in [-0.3, -0.25) is 4.79 Å². The highest BCUT2D eigenvalue weighted by molar-refractivity contribution is 6.00. The highest BCUT2D eigenvalue weighted by Gasteiger charge is 2.56. The number of dihydropyridines is 1. The van der Waals surface area contributed by atoms with Crippen LogP contribution in [0.4, 0.5) is 0 Å². The largest absolute Gasteiger partial charge is 0.377 e. The van der Waals surface area contributed by atoms with E-state index >= 15 is 0 Å². The van der Waals surface area contributed by atoms with Gasteiger partial charge < -0.3 is 10.1 Å². The SMILES string of the molecule is CC1(C)CC(=O)C2=C(C1)NC1=C(CN=N1)[C@]21CO[C@H](C2CC2)C1. The van der Waals surface area contributed by atoms with E-state index in [9.17, 15) is 4.79 Å². The summed E-state index contributed by atoms with van der Waals surface area (Å²) in [5, 5.41) is 12.0. The first kappa shape index (κ1) is 13.9. The maximum Gasteiger partial charge on any atom is 0.162 e. The molecule has 1 saturated carbocycles.